The highest BCUT2D eigenvalue weighted by molar-refractivity contribution is 7.90. The molecule has 0 aliphatic carbocycles. The lowest BCUT2D eigenvalue weighted by atomic mass is 10.2. The molecule has 0 bridgehead atoms. The maximum absolute atomic E-state index is 10.9. The number of hydrogen-bond donors (Lipinski definition) is 1. The van der Waals surface area contributed by atoms with Crippen molar-refractivity contribution in [1.82, 2.24) is 4.98 Å². The molecule has 0 aliphatic rings. The Labute approximate surface area is 95.0 Å². The third-order valence-corrected chi connectivity index (χ3v) is 2.81. The lowest BCUT2D eigenvalue weighted by Crippen LogP contribution is -2.15. The van der Waals surface area contributed by atoms with E-state index < -0.39 is 9.84 Å². The van der Waals surface area contributed by atoms with Gasteiger partial charge in [-0.3, -0.25) is 0 Å². The predicted molar refractivity (Wildman–Crippen MR) is 61.9 cm³/mol. The number of nitriles is 1. The van der Waals surface area contributed by atoms with Crippen molar-refractivity contribution in [2.24, 2.45) is 0 Å². The molecule has 1 aromatic rings. The highest BCUT2D eigenvalue weighted by atomic mass is 32.2. The van der Waals surface area contributed by atoms with E-state index in [2.05, 4.69) is 10.3 Å². The third kappa shape index (κ3) is 4.28. The standard InChI is InChI=1S/C10H13N3O2S/c1-8-5-9(7-11)6-10(13-8)12-3-4-16(2,14)15/h5-6H,3-4H2,1-2H3,(H,12,13). The summed E-state index contributed by atoms with van der Waals surface area (Å²) in [7, 11) is -2.98. The largest absolute Gasteiger partial charge is 0.369 e. The van der Waals surface area contributed by atoms with Crippen LogP contribution in [-0.2, 0) is 9.84 Å². The van der Waals surface area contributed by atoms with Gasteiger partial charge in [0.15, 0.2) is 0 Å². The average Bonchev–Trinajstić information content (AvgIpc) is 2.14. The van der Waals surface area contributed by atoms with Crippen molar-refractivity contribution >= 4 is 15.7 Å². The summed E-state index contributed by atoms with van der Waals surface area (Å²) in [5.41, 5.74) is 1.23. The van der Waals surface area contributed by atoms with Gasteiger partial charge >= 0.3 is 0 Å². The van der Waals surface area contributed by atoms with Gasteiger partial charge in [0.2, 0.25) is 0 Å². The minimum atomic E-state index is -2.98. The topological polar surface area (TPSA) is 82.9 Å². The summed E-state index contributed by atoms with van der Waals surface area (Å²) >= 11 is 0. The van der Waals surface area contributed by atoms with Gasteiger partial charge in [-0.1, -0.05) is 0 Å². The Balaban J connectivity index is 2.68. The Morgan fingerprint density at radius 1 is 1.50 bits per heavy atom. The fraction of sp³-hybridized carbons (Fsp3) is 0.400. The van der Waals surface area contributed by atoms with Gasteiger partial charge in [0.1, 0.15) is 15.7 Å². The minimum Gasteiger partial charge on any atom is -0.369 e. The Kier molecular flexibility index (Phi) is 3.85. The van der Waals surface area contributed by atoms with Crippen molar-refractivity contribution in [1.29, 1.82) is 5.26 Å². The van der Waals surface area contributed by atoms with Crippen LogP contribution in [0.15, 0.2) is 12.1 Å². The second kappa shape index (κ2) is 4.94. The predicted octanol–water partition coefficient (Wildman–Crippen LogP) is 0.718. The van der Waals surface area contributed by atoms with E-state index in [0.29, 0.717) is 17.9 Å². The molecule has 1 N–H and O–H groups in total. The fourth-order valence-electron chi connectivity index (χ4n) is 1.19. The summed E-state index contributed by atoms with van der Waals surface area (Å²) in [6.45, 7) is 2.07. The van der Waals surface area contributed by atoms with Crippen LogP contribution >= 0.6 is 0 Å². The van der Waals surface area contributed by atoms with Gasteiger partial charge in [-0.05, 0) is 19.1 Å². The molecule has 1 heterocycles. The van der Waals surface area contributed by atoms with Crippen LogP contribution < -0.4 is 5.32 Å². The van der Waals surface area contributed by atoms with Crippen LogP contribution in [0.2, 0.25) is 0 Å². The molecule has 0 spiro atoms. The Morgan fingerprint density at radius 2 is 2.19 bits per heavy atom. The van der Waals surface area contributed by atoms with Crippen LogP contribution in [-0.4, -0.2) is 32.0 Å². The van der Waals surface area contributed by atoms with Gasteiger partial charge in [0.25, 0.3) is 0 Å². The lowest BCUT2D eigenvalue weighted by Gasteiger charge is -2.05. The molecule has 0 saturated heterocycles. The third-order valence-electron chi connectivity index (χ3n) is 1.86. The summed E-state index contributed by atoms with van der Waals surface area (Å²) in [5, 5.41) is 11.6. The molecule has 0 atom stereocenters. The van der Waals surface area contributed by atoms with Crippen LogP contribution in [0.4, 0.5) is 5.82 Å². The van der Waals surface area contributed by atoms with Gasteiger partial charge < -0.3 is 5.32 Å². The van der Waals surface area contributed by atoms with E-state index in [1.807, 2.05) is 6.07 Å². The van der Waals surface area contributed by atoms with Gasteiger partial charge in [-0.2, -0.15) is 5.26 Å². The van der Waals surface area contributed by atoms with Crippen LogP contribution in [0.3, 0.4) is 0 Å². The number of sulfone groups is 1. The molecule has 0 radical (unpaired) electrons. The Hall–Kier alpha value is -1.61. The zero-order chi connectivity index (χ0) is 12.2. The summed E-state index contributed by atoms with van der Waals surface area (Å²) in [6, 6.07) is 5.28. The van der Waals surface area contributed by atoms with Gasteiger partial charge in [0.05, 0.1) is 17.4 Å². The van der Waals surface area contributed by atoms with Crippen molar-refractivity contribution < 1.29 is 8.42 Å². The SMILES string of the molecule is Cc1cc(C#N)cc(NCCS(C)(=O)=O)n1. The monoisotopic (exact) mass is 239 g/mol. The molecule has 6 heteroatoms. The number of aryl methyl sites for hydroxylation is 1. The second-order valence-corrected chi connectivity index (χ2v) is 5.81. The van der Waals surface area contributed by atoms with Crippen LogP contribution in [0.25, 0.3) is 0 Å². The number of nitrogens with zero attached hydrogens (tertiary/aromatic N) is 2. The van der Waals surface area contributed by atoms with Crippen molar-refractivity contribution in [3.05, 3.63) is 23.4 Å². The van der Waals surface area contributed by atoms with Crippen LogP contribution in [0.5, 0.6) is 0 Å². The molecule has 0 saturated carbocycles. The zero-order valence-electron chi connectivity index (χ0n) is 9.19. The molecule has 86 valence electrons. The molecular weight excluding hydrogens is 226 g/mol. The number of aromatic nitrogens is 1. The zero-order valence-corrected chi connectivity index (χ0v) is 10.0. The number of rotatable bonds is 4. The summed E-state index contributed by atoms with van der Waals surface area (Å²) in [5.74, 6) is 0.574. The van der Waals surface area contributed by atoms with E-state index in [0.717, 1.165) is 5.69 Å². The van der Waals surface area contributed by atoms with E-state index >= 15 is 0 Å². The molecule has 0 unspecified atom stereocenters. The quantitative estimate of drug-likeness (QED) is 0.837. The minimum absolute atomic E-state index is 0.0461. The van der Waals surface area contributed by atoms with Crippen molar-refractivity contribution in [3.8, 4) is 6.07 Å². The molecule has 0 amide bonds. The molecule has 0 aliphatic heterocycles. The first-order valence-electron chi connectivity index (χ1n) is 4.71. The average molecular weight is 239 g/mol. The van der Waals surface area contributed by atoms with E-state index in [1.165, 1.54) is 6.26 Å². The molecule has 1 aromatic heterocycles. The van der Waals surface area contributed by atoms with E-state index in [4.69, 9.17) is 5.26 Å². The van der Waals surface area contributed by atoms with Crippen LogP contribution in [0, 0.1) is 18.3 Å². The molecule has 16 heavy (non-hydrogen) atoms. The first-order valence-corrected chi connectivity index (χ1v) is 6.77. The highest BCUT2D eigenvalue weighted by Crippen LogP contribution is 2.08. The van der Waals surface area contributed by atoms with E-state index in [9.17, 15) is 8.42 Å². The summed E-state index contributed by atoms with van der Waals surface area (Å²) < 4.78 is 21.8. The second-order valence-electron chi connectivity index (χ2n) is 3.55. The number of hydrogen-bond acceptors (Lipinski definition) is 5. The molecule has 5 nitrogen and oxygen atoms in total. The first kappa shape index (κ1) is 12.5. The Morgan fingerprint density at radius 3 is 2.75 bits per heavy atom. The molecule has 0 fully saturated rings. The van der Waals surface area contributed by atoms with Crippen LogP contribution in [0.1, 0.15) is 11.3 Å². The van der Waals surface area contributed by atoms with Gasteiger partial charge in [0, 0.05) is 18.5 Å². The van der Waals surface area contributed by atoms with E-state index in [-0.39, 0.29) is 5.75 Å². The summed E-state index contributed by atoms with van der Waals surface area (Å²) in [4.78, 5) is 4.14. The maximum Gasteiger partial charge on any atom is 0.149 e. The summed E-state index contributed by atoms with van der Waals surface area (Å²) in [6.07, 6.45) is 1.18. The maximum atomic E-state index is 10.9. The number of pyridine rings is 1. The van der Waals surface area contributed by atoms with Crippen molar-refractivity contribution in [2.75, 3.05) is 23.9 Å². The van der Waals surface area contributed by atoms with Gasteiger partial charge in [-0.15, -0.1) is 0 Å². The van der Waals surface area contributed by atoms with Gasteiger partial charge in [-0.25, -0.2) is 13.4 Å². The molecule has 0 aromatic carbocycles. The highest BCUT2D eigenvalue weighted by Gasteiger charge is 2.03. The fourth-order valence-corrected chi connectivity index (χ4v) is 1.66. The van der Waals surface area contributed by atoms with Crippen molar-refractivity contribution in [3.63, 3.8) is 0 Å². The van der Waals surface area contributed by atoms with Crippen molar-refractivity contribution in [2.45, 2.75) is 6.92 Å². The first-order chi connectivity index (χ1) is 7.40. The molecular formula is C10H13N3O2S. The molecule has 1 rings (SSSR count). The lowest BCUT2D eigenvalue weighted by molar-refractivity contribution is 0.602. The number of anilines is 1. The smallest absolute Gasteiger partial charge is 0.149 e. The Bertz CT molecular complexity index is 517. The normalized spacial score (nSPS) is 10.8. The van der Waals surface area contributed by atoms with E-state index in [1.54, 1.807) is 19.1 Å². The number of nitrogens with one attached hydrogen (secondary N) is 1.